The highest BCUT2D eigenvalue weighted by Gasteiger charge is 2.34. The van der Waals surface area contributed by atoms with Crippen molar-refractivity contribution >= 4 is 51.5 Å². The van der Waals surface area contributed by atoms with E-state index >= 15 is 0 Å². The second kappa shape index (κ2) is 10.3. The molecule has 35 heavy (non-hydrogen) atoms. The van der Waals surface area contributed by atoms with E-state index in [1.165, 1.54) is 37.5 Å². The van der Waals surface area contributed by atoms with Crippen LogP contribution >= 0.6 is 27.5 Å². The average Bonchev–Trinajstić information content (AvgIpc) is 3.39. The summed E-state index contributed by atoms with van der Waals surface area (Å²) >= 11 is 9.78. The first-order chi connectivity index (χ1) is 16.7. The molecule has 0 atom stereocenters. The number of hydrogen-bond donors (Lipinski definition) is 1. The summed E-state index contributed by atoms with van der Waals surface area (Å²) in [5, 5.41) is 2.78. The lowest BCUT2D eigenvalue weighted by molar-refractivity contribution is -0.123. The Kier molecular flexibility index (Phi) is 7.23. The normalized spacial score (nSPS) is 14.4. The Hall–Kier alpha value is -3.63. The second-order valence-corrected chi connectivity index (χ2v) is 8.63. The summed E-state index contributed by atoms with van der Waals surface area (Å²) in [6, 6.07) is 11.4. The van der Waals surface area contributed by atoms with E-state index in [4.69, 9.17) is 20.8 Å². The van der Waals surface area contributed by atoms with Gasteiger partial charge in [-0.3, -0.25) is 9.69 Å². The van der Waals surface area contributed by atoms with Crippen LogP contribution in [0.5, 0.6) is 5.75 Å². The maximum Gasteiger partial charge on any atom is 0.373 e. The van der Waals surface area contributed by atoms with Crippen LogP contribution in [0.25, 0.3) is 6.08 Å². The summed E-state index contributed by atoms with van der Waals surface area (Å²) < 4.78 is 29.3. The highest BCUT2D eigenvalue weighted by Crippen LogP contribution is 2.36. The second-order valence-electron chi connectivity index (χ2n) is 7.37. The molecule has 1 aromatic heterocycles. The van der Waals surface area contributed by atoms with Gasteiger partial charge in [0.2, 0.25) is 5.76 Å². The molecule has 0 radical (unpaired) electrons. The number of furan rings is 1. The number of nitrogens with zero attached hydrogens (tertiary/aromatic N) is 1. The van der Waals surface area contributed by atoms with Crippen molar-refractivity contribution in [2.45, 2.75) is 13.2 Å². The minimum absolute atomic E-state index is 0.0356. The zero-order valence-corrected chi connectivity index (χ0v) is 20.5. The van der Waals surface area contributed by atoms with Crippen molar-refractivity contribution in [2.75, 3.05) is 7.11 Å². The highest BCUT2D eigenvalue weighted by molar-refractivity contribution is 9.10. The number of halogens is 3. The molecule has 1 aliphatic rings. The molecule has 1 N–H and O–H groups in total. The van der Waals surface area contributed by atoms with Crippen molar-refractivity contribution in [1.82, 2.24) is 10.2 Å². The monoisotopic (exact) mass is 562 g/mol. The van der Waals surface area contributed by atoms with Crippen molar-refractivity contribution in [1.29, 1.82) is 0 Å². The number of nitrogens with one attached hydrogen (secondary N) is 1. The SMILES string of the molecule is COC(=O)c1ccc(CN2C(=O)N/C(=C\c3cc(Cl)c(OCc4ccc(F)cc4)c(Br)c3)C2=O)o1. The van der Waals surface area contributed by atoms with Gasteiger partial charge in [-0.15, -0.1) is 0 Å². The van der Waals surface area contributed by atoms with Crippen molar-refractivity contribution in [3.63, 3.8) is 0 Å². The lowest BCUT2D eigenvalue weighted by Gasteiger charge is -2.11. The Morgan fingerprint density at radius 2 is 1.94 bits per heavy atom. The van der Waals surface area contributed by atoms with Gasteiger partial charge in [0.15, 0.2) is 5.75 Å². The van der Waals surface area contributed by atoms with Crippen molar-refractivity contribution in [3.05, 3.63) is 92.2 Å². The largest absolute Gasteiger partial charge is 0.486 e. The quantitative estimate of drug-likeness (QED) is 0.238. The van der Waals surface area contributed by atoms with Gasteiger partial charge < -0.3 is 19.2 Å². The van der Waals surface area contributed by atoms with Crippen LogP contribution in [0, 0.1) is 5.82 Å². The third-order valence-electron chi connectivity index (χ3n) is 4.95. The summed E-state index contributed by atoms with van der Waals surface area (Å²) in [6.07, 6.45) is 1.47. The van der Waals surface area contributed by atoms with Crippen LogP contribution in [-0.4, -0.2) is 29.9 Å². The number of carbonyl (C=O) groups is 3. The molecule has 1 aliphatic heterocycles. The fourth-order valence-electron chi connectivity index (χ4n) is 3.25. The van der Waals surface area contributed by atoms with E-state index in [0.29, 0.717) is 15.8 Å². The molecular weight excluding hydrogens is 547 g/mol. The zero-order chi connectivity index (χ0) is 25.1. The van der Waals surface area contributed by atoms with E-state index < -0.39 is 17.9 Å². The number of carbonyl (C=O) groups excluding carboxylic acids is 3. The van der Waals surface area contributed by atoms with Crippen LogP contribution < -0.4 is 10.1 Å². The third-order valence-corrected chi connectivity index (χ3v) is 5.82. The maximum atomic E-state index is 13.1. The molecular formula is C24H17BrClFN2O6. The van der Waals surface area contributed by atoms with E-state index in [9.17, 15) is 18.8 Å². The van der Waals surface area contributed by atoms with Gasteiger partial charge >= 0.3 is 12.0 Å². The van der Waals surface area contributed by atoms with Gasteiger partial charge in [0, 0.05) is 0 Å². The van der Waals surface area contributed by atoms with Gasteiger partial charge in [0.25, 0.3) is 5.91 Å². The number of methoxy groups -OCH3 is 1. The molecule has 4 rings (SSSR count). The topological polar surface area (TPSA) is 98.1 Å². The van der Waals surface area contributed by atoms with Gasteiger partial charge in [0.1, 0.15) is 23.9 Å². The summed E-state index contributed by atoms with van der Waals surface area (Å²) in [5.41, 5.74) is 1.33. The Morgan fingerprint density at radius 3 is 2.63 bits per heavy atom. The van der Waals surface area contributed by atoms with E-state index in [-0.39, 0.29) is 41.2 Å². The fourth-order valence-corrected chi connectivity index (χ4v) is 4.24. The van der Waals surface area contributed by atoms with Gasteiger partial charge in [0.05, 0.1) is 23.1 Å². The Morgan fingerprint density at radius 1 is 1.20 bits per heavy atom. The van der Waals surface area contributed by atoms with Crippen LogP contribution in [0.15, 0.2) is 63.1 Å². The Bertz CT molecular complexity index is 1320. The van der Waals surface area contributed by atoms with E-state index in [0.717, 1.165) is 10.5 Å². The van der Waals surface area contributed by atoms with E-state index in [1.807, 2.05) is 0 Å². The molecule has 3 amide bonds. The van der Waals surface area contributed by atoms with Crippen LogP contribution in [0.2, 0.25) is 5.02 Å². The maximum absolute atomic E-state index is 13.1. The van der Waals surface area contributed by atoms with Crippen LogP contribution in [-0.2, 0) is 22.7 Å². The third kappa shape index (κ3) is 5.55. The van der Waals surface area contributed by atoms with Gasteiger partial charge in [-0.2, -0.15) is 0 Å². The first kappa shape index (κ1) is 24.5. The first-order valence-electron chi connectivity index (χ1n) is 10.1. The standard InChI is InChI=1S/C24H17BrClFN2O6/c1-33-23(31)20-7-6-16(35-20)11-29-22(30)19(28-24(29)32)10-14-8-17(25)21(18(26)9-14)34-12-13-2-4-15(27)5-3-13/h2-10H,11-12H2,1H3,(H,28,32)/b19-10-. The summed E-state index contributed by atoms with van der Waals surface area (Å²) in [4.78, 5) is 37.6. The average molecular weight is 564 g/mol. The highest BCUT2D eigenvalue weighted by atomic mass is 79.9. The molecule has 11 heteroatoms. The van der Waals surface area contributed by atoms with Crippen LogP contribution in [0.4, 0.5) is 9.18 Å². The van der Waals surface area contributed by atoms with Crippen molar-refractivity contribution in [3.8, 4) is 5.75 Å². The molecule has 0 bridgehead atoms. The zero-order valence-electron chi connectivity index (χ0n) is 18.1. The number of imide groups is 1. The molecule has 0 unspecified atom stereocenters. The number of urea groups is 1. The lowest BCUT2D eigenvalue weighted by atomic mass is 10.1. The molecule has 1 fully saturated rings. The van der Waals surface area contributed by atoms with Crippen molar-refractivity contribution < 1.29 is 32.7 Å². The van der Waals surface area contributed by atoms with Crippen LogP contribution in [0.1, 0.15) is 27.4 Å². The molecule has 180 valence electrons. The van der Waals surface area contributed by atoms with E-state index in [1.54, 1.807) is 24.3 Å². The van der Waals surface area contributed by atoms with E-state index in [2.05, 4.69) is 26.0 Å². The van der Waals surface area contributed by atoms with Gasteiger partial charge in [-0.1, -0.05) is 23.7 Å². The number of esters is 1. The minimum atomic E-state index is -0.665. The number of ether oxygens (including phenoxy) is 2. The molecule has 3 aromatic rings. The number of benzene rings is 2. The Balaban J connectivity index is 1.47. The van der Waals surface area contributed by atoms with Gasteiger partial charge in [-0.05, 0) is 69.5 Å². The molecule has 0 saturated carbocycles. The summed E-state index contributed by atoms with van der Waals surface area (Å²) in [5.74, 6) is -1.00. The number of rotatable bonds is 7. The first-order valence-corrected chi connectivity index (χ1v) is 11.3. The minimum Gasteiger partial charge on any atom is -0.486 e. The molecule has 1 saturated heterocycles. The fraction of sp³-hybridized carbons (Fsp3) is 0.125. The Labute approximate surface area is 212 Å². The number of hydrogen-bond acceptors (Lipinski definition) is 6. The smallest absolute Gasteiger partial charge is 0.373 e. The molecule has 8 nitrogen and oxygen atoms in total. The molecule has 2 heterocycles. The summed E-state index contributed by atoms with van der Waals surface area (Å²) in [6.45, 7) is 0.00657. The predicted molar refractivity (Wildman–Crippen MR) is 127 cm³/mol. The lowest BCUT2D eigenvalue weighted by Crippen LogP contribution is -2.30. The predicted octanol–water partition coefficient (Wildman–Crippen LogP) is 5.29. The van der Waals surface area contributed by atoms with Gasteiger partial charge in [-0.25, -0.2) is 14.0 Å². The number of amides is 3. The van der Waals surface area contributed by atoms with Crippen molar-refractivity contribution in [2.24, 2.45) is 0 Å². The molecule has 0 spiro atoms. The summed E-state index contributed by atoms with van der Waals surface area (Å²) in [7, 11) is 1.22. The molecule has 0 aliphatic carbocycles. The molecule has 2 aromatic carbocycles. The van der Waals surface area contributed by atoms with Crippen LogP contribution in [0.3, 0.4) is 0 Å².